The molecule has 1 saturated heterocycles. The standard InChI is InChI=1S/C14H23N3/c1-12(15)11-14-5-3-2-4-10-17(14)13-6-8-16-9-7-13/h6-9,12,14H,2-5,10-11,15H2,1H3. The molecule has 1 fully saturated rings. The Labute approximate surface area is 104 Å². The quantitative estimate of drug-likeness (QED) is 0.872. The first-order chi connectivity index (χ1) is 8.27. The maximum Gasteiger partial charge on any atom is 0.0399 e. The van der Waals surface area contributed by atoms with Gasteiger partial charge in [0.25, 0.3) is 0 Å². The SMILES string of the molecule is CC(N)CC1CCCCCN1c1ccncc1. The smallest absolute Gasteiger partial charge is 0.0399 e. The minimum atomic E-state index is 0.280. The number of nitrogens with two attached hydrogens (primary N) is 1. The second-order valence-corrected chi connectivity index (χ2v) is 5.11. The Morgan fingerprint density at radius 1 is 1.35 bits per heavy atom. The summed E-state index contributed by atoms with van der Waals surface area (Å²) in [6.45, 7) is 3.26. The molecule has 0 aromatic carbocycles. The third-order valence-electron chi connectivity index (χ3n) is 3.52. The number of nitrogens with zero attached hydrogens (tertiary/aromatic N) is 2. The molecule has 2 atom stereocenters. The van der Waals surface area contributed by atoms with Crippen LogP contribution in [0.4, 0.5) is 5.69 Å². The highest BCUT2D eigenvalue weighted by molar-refractivity contribution is 5.45. The fourth-order valence-electron chi connectivity index (χ4n) is 2.73. The molecule has 0 bridgehead atoms. The highest BCUT2D eigenvalue weighted by Gasteiger charge is 2.22. The van der Waals surface area contributed by atoms with Crippen molar-refractivity contribution in [1.29, 1.82) is 0 Å². The van der Waals surface area contributed by atoms with Crippen LogP contribution in [-0.4, -0.2) is 23.6 Å². The molecular weight excluding hydrogens is 210 g/mol. The zero-order valence-corrected chi connectivity index (χ0v) is 10.7. The van der Waals surface area contributed by atoms with Gasteiger partial charge in [-0.05, 0) is 38.3 Å². The summed E-state index contributed by atoms with van der Waals surface area (Å²) in [5.41, 5.74) is 7.27. The van der Waals surface area contributed by atoms with Crippen LogP contribution in [0, 0.1) is 0 Å². The summed E-state index contributed by atoms with van der Waals surface area (Å²) in [7, 11) is 0. The molecule has 3 heteroatoms. The first kappa shape index (κ1) is 12.4. The van der Waals surface area contributed by atoms with Crippen LogP contribution >= 0.6 is 0 Å². The van der Waals surface area contributed by atoms with Gasteiger partial charge in [0.05, 0.1) is 0 Å². The molecule has 94 valence electrons. The molecule has 1 aromatic heterocycles. The zero-order valence-electron chi connectivity index (χ0n) is 10.7. The molecule has 0 amide bonds. The Bertz CT molecular complexity index is 323. The van der Waals surface area contributed by atoms with E-state index >= 15 is 0 Å². The molecule has 2 heterocycles. The number of aromatic nitrogens is 1. The Kier molecular flexibility index (Phi) is 4.37. The van der Waals surface area contributed by atoms with Crippen LogP contribution in [0.15, 0.2) is 24.5 Å². The summed E-state index contributed by atoms with van der Waals surface area (Å²) in [5.74, 6) is 0. The minimum absolute atomic E-state index is 0.280. The van der Waals surface area contributed by atoms with Crippen molar-refractivity contribution in [2.45, 2.75) is 51.1 Å². The van der Waals surface area contributed by atoms with Gasteiger partial charge in [-0.15, -0.1) is 0 Å². The summed E-state index contributed by atoms with van der Waals surface area (Å²) in [5, 5.41) is 0. The van der Waals surface area contributed by atoms with Crippen LogP contribution in [0.2, 0.25) is 0 Å². The van der Waals surface area contributed by atoms with E-state index < -0.39 is 0 Å². The lowest BCUT2D eigenvalue weighted by Gasteiger charge is -2.33. The maximum absolute atomic E-state index is 5.98. The van der Waals surface area contributed by atoms with Crippen molar-refractivity contribution in [3.63, 3.8) is 0 Å². The van der Waals surface area contributed by atoms with E-state index in [2.05, 4.69) is 28.9 Å². The third-order valence-corrected chi connectivity index (χ3v) is 3.52. The van der Waals surface area contributed by atoms with Gasteiger partial charge >= 0.3 is 0 Å². The highest BCUT2D eigenvalue weighted by atomic mass is 15.2. The molecule has 1 aliphatic rings. The Morgan fingerprint density at radius 2 is 2.12 bits per heavy atom. The maximum atomic E-state index is 5.98. The summed E-state index contributed by atoms with van der Waals surface area (Å²) in [4.78, 5) is 6.62. The molecule has 2 rings (SSSR count). The Balaban J connectivity index is 2.14. The fraction of sp³-hybridized carbons (Fsp3) is 0.643. The van der Waals surface area contributed by atoms with Gasteiger partial charge in [-0.3, -0.25) is 4.98 Å². The molecule has 0 spiro atoms. The Hall–Kier alpha value is -1.09. The minimum Gasteiger partial charge on any atom is -0.368 e. The van der Waals surface area contributed by atoms with E-state index in [-0.39, 0.29) is 6.04 Å². The van der Waals surface area contributed by atoms with Gasteiger partial charge in [0.15, 0.2) is 0 Å². The summed E-state index contributed by atoms with van der Waals surface area (Å²) in [6.07, 6.45) is 10.1. The molecular formula is C14H23N3. The topological polar surface area (TPSA) is 42.1 Å². The van der Waals surface area contributed by atoms with Gasteiger partial charge in [-0.2, -0.15) is 0 Å². The molecule has 1 aromatic rings. The predicted molar refractivity (Wildman–Crippen MR) is 72.1 cm³/mol. The van der Waals surface area contributed by atoms with Crippen LogP contribution in [0.3, 0.4) is 0 Å². The van der Waals surface area contributed by atoms with Gasteiger partial charge in [-0.1, -0.05) is 12.8 Å². The first-order valence-electron chi connectivity index (χ1n) is 6.69. The molecule has 1 aliphatic heterocycles. The van der Waals surface area contributed by atoms with Gasteiger partial charge in [0.1, 0.15) is 0 Å². The number of rotatable bonds is 3. The normalized spacial score (nSPS) is 23.2. The van der Waals surface area contributed by atoms with E-state index in [1.165, 1.54) is 31.4 Å². The second-order valence-electron chi connectivity index (χ2n) is 5.11. The molecule has 3 nitrogen and oxygen atoms in total. The monoisotopic (exact) mass is 233 g/mol. The number of hydrogen-bond donors (Lipinski definition) is 1. The average Bonchev–Trinajstić information content (AvgIpc) is 2.55. The Morgan fingerprint density at radius 3 is 2.82 bits per heavy atom. The first-order valence-corrected chi connectivity index (χ1v) is 6.69. The van der Waals surface area contributed by atoms with Crippen LogP contribution in [-0.2, 0) is 0 Å². The van der Waals surface area contributed by atoms with E-state index in [1.807, 2.05) is 12.4 Å². The molecule has 17 heavy (non-hydrogen) atoms. The average molecular weight is 233 g/mol. The van der Waals surface area contributed by atoms with E-state index in [0.29, 0.717) is 6.04 Å². The van der Waals surface area contributed by atoms with Gasteiger partial charge in [0, 0.05) is 36.7 Å². The predicted octanol–water partition coefficient (Wildman–Crippen LogP) is 2.57. The van der Waals surface area contributed by atoms with Crippen molar-refractivity contribution >= 4 is 5.69 Å². The molecule has 2 unspecified atom stereocenters. The number of hydrogen-bond acceptors (Lipinski definition) is 3. The van der Waals surface area contributed by atoms with E-state index in [4.69, 9.17) is 5.73 Å². The summed E-state index contributed by atoms with van der Waals surface area (Å²) < 4.78 is 0. The van der Waals surface area contributed by atoms with E-state index in [0.717, 1.165) is 13.0 Å². The number of pyridine rings is 1. The molecule has 0 saturated carbocycles. The number of anilines is 1. The van der Waals surface area contributed by atoms with Gasteiger partial charge in [0.2, 0.25) is 0 Å². The van der Waals surface area contributed by atoms with Gasteiger partial charge in [-0.25, -0.2) is 0 Å². The highest BCUT2D eigenvalue weighted by Crippen LogP contribution is 2.25. The van der Waals surface area contributed by atoms with E-state index in [1.54, 1.807) is 0 Å². The van der Waals surface area contributed by atoms with Crippen molar-refractivity contribution in [3.05, 3.63) is 24.5 Å². The van der Waals surface area contributed by atoms with Crippen LogP contribution < -0.4 is 10.6 Å². The summed E-state index contributed by atoms with van der Waals surface area (Å²) in [6, 6.07) is 5.10. The van der Waals surface area contributed by atoms with Crippen molar-refractivity contribution in [2.75, 3.05) is 11.4 Å². The van der Waals surface area contributed by atoms with E-state index in [9.17, 15) is 0 Å². The lowest BCUT2D eigenvalue weighted by Crippen LogP contribution is -2.38. The van der Waals surface area contributed by atoms with Crippen LogP contribution in [0.1, 0.15) is 39.0 Å². The summed E-state index contributed by atoms with van der Waals surface area (Å²) >= 11 is 0. The zero-order chi connectivity index (χ0) is 12.1. The molecule has 0 radical (unpaired) electrons. The largest absolute Gasteiger partial charge is 0.368 e. The van der Waals surface area contributed by atoms with Crippen molar-refractivity contribution in [2.24, 2.45) is 5.73 Å². The lowest BCUT2D eigenvalue weighted by molar-refractivity contribution is 0.491. The molecule has 2 N–H and O–H groups in total. The van der Waals surface area contributed by atoms with Gasteiger partial charge < -0.3 is 10.6 Å². The molecule has 0 aliphatic carbocycles. The van der Waals surface area contributed by atoms with Crippen LogP contribution in [0.25, 0.3) is 0 Å². The fourth-order valence-corrected chi connectivity index (χ4v) is 2.73. The lowest BCUT2D eigenvalue weighted by atomic mass is 10.0. The van der Waals surface area contributed by atoms with Crippen molar-refractivity contribution in [1.82, 2.24) is 4.98 Å². The van der Waals surface area contributed by atoms with Crippen LogP contribution in [0.5, 0.6) is 0 Å². The van der Waals surface area contributed by atoms with Crippen molar-refractivity contribution in [3.8, 4) is 0 Å². The van der Waals surface area contributed by atoms with Crippen molar-refractivity contribution < 1.29 is 0 Å². The third kappa shape index (κ3) is 3.43. The second kappa shape index (κ2) is 6.01.